The Labute approximate surface area is 161 Å². The molecular weight excluding hydrogens is 340 g/mol. The lowest BCUT2D eigenvalue weighted by molar-refractivity contribution is 0.263. The molecule has 2 aliphatic heterocycles. The average Bonchev–Trinajstić information content (AvgIpc) is 3.61. The first-order valence-corrected chi connectivity index (χ1v) is 9.87. The summed E-state index contributed by atoms with van der Waals surface area (Å²) >= 11 is 0. The predicted octanol–water partition coefficient (Wildman–Crippen LogP) is 4.35. The van der Waals surface area contributed by atoms with E-state index < -0.39 is 0 Å². The van der Waals surface area contributed by atoms with Crippen molar-refractivity contribution in [3.63, 3.8) is 0 Å². The lowest BCUT2D eigenvalue weighted by atomic mass is 9.73. The molecule has 144 valence electrons. The predicted molar refractivity (Wildman–Crippen MR) is 105 cm³/mol. The van der Waals surface area contributed by atoms with Gasteiger partial charge < -0.3 is 18.9 Å². The van der Waals surface area contributed by atoms with Crippen molar-refractivity contribution in [2.75, 3.05) is 26.4 Å². The number of hydrogen-bond donors (Lipinski definition) is 0. The van der Waals surface area contributed by atoms with Crippen molar-refractivity contribution in [1.29, 1.82) is 0 Å². The smallest absolute Gasteiger partial charge is 0.119 e. The van der Waals surface area contributed by atoms with Gasteiger partial charge in [0.15, 0.2) is 0 Å². The van der Waals surface area contributed by atoms with Crippen LogP contribution < -0.4 is 9.47 Å². The van der Waals surface area contributed by atoms with E-state index in [0.29, 0.717) is 13.2 Å². The Kier molecular flexibility index (Phi) is 5.37. The highest BCUT2D eigenvalue weighted by atomic mass is 16.6. The number of benzene rings is 2. The summed E-state index contributed by atoms with van der Waals surface area (Å²) in [5, 5.41) is 0. The van der Waals surface area contributed by atoms with E-state index in [1.54, 1.807) is 0 Å². The van der Waals surface area contributed by atoms with Gasteiger partial charge in [0, 0.05) is 5.41 Å². The Hall–Kier alpha value is -2.04. The van der Waals surface area contributed by atoms with Gasteiger partial charge in [-0.2, -0.15) is 0 Å². The van der Waals surface area contributed by atoms with Gasteiger partial charge in [-0.3, -0.25) is 0 Å². The van der Waals surface area contributed by atoms with E-state index in [1.165, 1.54) is 11.1 Å². The van der Waals surface area contributed by atoms with Crippen molar-refractivity contribution >= 4 is 0 Å². The molecule has 0 amide bonds. The van der Waals surface area contributed by atoms with E-state index in [9.17, 15) is 0 Å². The molecule has 2 unspecified atom stereocenters. The van der Waals surface area contributed by atoms with Crippen LogP contribution in [0.5, 0.6) is 11.5 Å². The van der Waals surface area contributed by atoms with Crippen molar-refractivity contribution in [1.82, 2.24) is 0 Å². The third-order valence-electron chi connectivity index (χ3n) is 5.41. The number of ether oxygens (including phenoxy) is 4. The lowest BCUT2D eigenvalue weighted by Gasteiger charge is -2.31. The molecule has 0 aliphatic carbocycles. The van der Waals surface area contributed by atoms with Crippen LogP contribution in [0.25, 0.3) is 0 Å². The van der Waals surface area contributed by atoms with Crippen LogP contribution in [0.3, 0.4) is 0 Å². The zero-order valence-corrected chi connectivity index (χ0v) is 16.1. The van der Waals surface area contributed by atoms with Crippen LogP contribution >= 0.6 is 0 Å². The highest BCUT2D eigenvalue weighted by Gasteiger charge is 2.29. The molecule has 2 saturated heterocycles. The van der Waals surface area contributed by atoms with Crippen molar-refractivity contribution in [2.45, 2.75) is 44.3 Å². The molecule has 2 fully saturated rings. The maximum Gasteiger partial charge on any atom is 0.119 e. The molecule has 2 aliphatic rings. The quantitative estimate of drug-likeness (QED) is 0.585. The van der Waals surface area contributed by atoms with E-state index in [1.807, 2.05) is 0 Å². The Bertz CT molecular complexity index is 670. The standard InChI is InChI=1S/C23H28O4/c1-3-12-23(2,17-4-8-19(9-5-17)24-13-21-15-26-21)18-6-10-20(11-7-18)25-14-22-16-27-22/h4-11,21-22H,3,12-16H2,1-2H3. The highest BCUT2D eigenvalue weighted by Crippen LogP contribution is 2.38. The summed E-state index contributed by atoms with van der Waals surface area (Å²) in [6.07, 6.45) is 2.76. The number of hydrogen-bond acceptors (Lipinski definition) is 4. The molecule has 0 spiro atoms. The summed E-state index contributed by atoms with van der Waals surface area (Å²) < 4.78 is 22.0. The summed E-state index contributed by atoms with van der Waals surface area (Å²) in [5.74, 6) is 1.80. The second-order valence-electron chi connectivity index (χ2n) is 7.66. The number of epoxide rings is 2. The van der Waals surface area contributed by atoms with Crippen LogP contribution in [0.15, 0.2) is 48.5 Å². The Morgan fingerprint density at radius 2 is 1.22 bits per heavy atom. The highest BCUT2D eigenvalue weighted by molar-refractivity contribution is 5.42. The van der Waals surface area contributed by atoms with Crippen molar-refractivity contribution in [3.8, 4) is 11.5 Å². The SMILES string of the molecule is CCCC(C)(c1ccc(OCC2CO2)cc1)c1ccc(OCC2CO2)cc1. The van der Waals surface area contributed by atoms with E-state index in [0.717, 1.165) is 37.6 Å². The normalized spacial score (nSPS) is 22.7. The van der Waals surface area contributed by atoms with Crippen LogP contribution in [0.4, 0.5) is 0 Å². The van der Waals surface area contributed by atoms with Crippen LogP contribution in [0.1, 0.15) is 37.8 Å². The molecule has 2 aromatic carbocycles. The molecular formula is C23H28O4. The molecule has 4 nitrogen and oxygen atoms in total. The zero-order chi connectivity index (χ0) is 18.7. The van der Waals surface area contributed by atoms with Crippen LogP contribution in [0.2, 0.25) is 0 Å². The summed E-state index contributed by atoms with van der Waals surface area (Å²) in [5.41, 5.74) is 2.57. The third kappa shape index (κ3) is 4.63. The molecule has 0 aromatic heterocycles. The van der Waals surface area contributed by atoms with E-state index in [-0.39, 0.29) is 17.6 Å². The zero-order valence-electron chi connectivity index (χ0n) is 16.1. The number of rotatable bonds is 10. The van der Waals surface area contributed by atoms with Gasteiger partial charge in [-0.15, -0.1) is 0 Å². The molecule has 0 bridgehead atoms. The fourth-order valence-electron chi connectivity index (χ4n) is 3.50. The van der Waals surface area contributed by atoms with E-state index >= 15 is 0 Å². The van der Waals surface area contributed by atoms with Crippen molar-refractivity contribution in [2.24, 2.45) is 0 Å². The van der Waals surface area contributed by atoms with Gasteiger partial charge in [-0.05, 0) is 41.8 Å². The molecule has 0 radical (unpaired) electrons. The van der Waals surface area contributed by atoms with Crippen LogP contribution in [0, 0.1) is 0 Å². The molecule has 4 rings (SSSR count). The first-order valence-electron chi connectivity index (χ1n) is 9.87. The largest absolute Gasteiger partial charge is 0.491 e. The first kappa shape index (κ1) is 18.3. The van der Waals surface area contributed by atoms with E-state index in [4.69, 9.17) is 18.9 Å². The molecule has 0 saturated carbocycles. The van der Waals surface area contributed by atoms with Crippen LogP contribution in [-0.2, 0) is 14.9 Å². The summed E-state index contributed by atoms with van der Waals surface area (Å²) in [6, 6.07) is 17.0. The first-order chi connectivity index (χ1) is 13.2. The average molecular weight is 368 g/mol. The second-order valence-corrected chi connectivity index (χ2v) is 7.66. The molecule has 2 atom stereocenters. The van der Waals surface area contributed by atoms with Crippen molar-refractivity contribution in [3.05, 3.63) is 59.7 Å². The molecule has 2 aromatic rings. The monoisotopic (exact) mass is 368 g/mol. The van der Waals surface area contributed by atoms with Gasteiger partial charge in [-0.1, -0.05) is 44.5 Å². The van der Waals surface area contributed by atoms with Crippen LogP contribution in [-0.4, -0.2) is 38.6 Å². The minimum atomic E-state index is -0.0367. The third-order valence-corrected chi connectivity index (χ3v) is 5.41. The Morgan fingerprint density at radius 1 is 0.815 bits per heavy atom. The van der Waals surface area contributed by atoms with Crippen molar-refractivity contribution < 1.29 is 18.9 Å². The topological polar surface area (TPSA) is 43.5 Å². The maximum absolute atomic E-state index is 5.78. The van der Waals surface area contributed by atoms with Gasteiger partial charge in [0.1, 0.15) is 36.9 Å². The molecule has 4 heteroatoms. The second kappa shape index (κ2) is 7.91. The van der Waals surface area contributed by atoms with Gasteiger partial charge >= 0.3 is 0 Å². The minimum absolute atomic E-state index is 0.0367. The molecule has 0 N–H and O–H groups in total. The molecule has 27 heavy (non-hydrogen) atoms. The van der Waals surface area contributed by atoms with Gasteiger partial charge in [0.2, 0.25) is 0 Å². The fourth-order valence-corrected chi connectivity index (χ4v) is 3.50. The minimum Gasteiger partial charge on any atom is -0.491 e. The summed E-state index contributed by atoms with van der Waals surface area (Å²) in [4.78, 5) is 0. The fraction of sp³-hybridized carbons (Fsp3) is 0.478. The Balaban J connectivity index is 1.48. The Morgan fingerprint density at radius 3 is 1.56 bits per heavy atom. The lowest BCUT2D eigenvalue weighted by Crippen LogP contribution is -2.23. The summed E-state index contributed by atoms with van der Waals surface area (Å²) in [7, 11) is 0. The van der Waals surface area contributed by atoms with Gasteiger partial charge in [-0.25, -0.2) is 0 Å². The van der Waals surface area contributed by atoms with Gasteiger partial charge in [0.25, 0.3) is 0 Å². The molecule has 2 heterocycles. The van der Waals surface area contributed by atoms with Gasteiger partial charge in [0.05, 0.1) is 13.2 Å². The van der Waals surface area contributed by atoms with E-state index in [2.05, 4.69) is 62.4 Å². The summed E-state index contributed by atoms with van der Waals surface area (Å²) in [6.45, 7) is 7.47. The maximum atomic E-state index is 5.78.